The number of hydrogen-bond acceptors (Lipinski definition) is 4. The zero-order valence-electron chi connectivity index (χ0n) is 12.7. The van der Waals surface area contributed by atoms with E-state index in [0.717, 1.165) is 24.1 Å². The second kappa shape index (κ2) is 5.87. The van der Waals surface area contributed by atoms with Gasteiger partial charge in [-0.25, -0.2) is 4.79 Å². The fraction of sp³-hybridized carbons (Fsp3) is 0.667. The lowest BCUT2D eigenvalue weighted by atomic mass is 9.94. The Balaban J connectivity index is 2.04. The average Bonchev–Trinajstić information content (AvgIpc) is 3.01. The minimum Gasteiger partial charge on any atom is -0.480 e. The summed E-state index contributed by atoms with van der Waals surface area (Å²) in [6.45, 7) is 5.45. The Morgan fingerprint density at radius 2 is 2.00 bits per heavy atom. The molecule has 1 aromatic heterocycles. The molecule has 116 valence electrons. The zero-order valence-corrected chi connectivity index (χ0v) is 12.7. The molecule has 0 spiro atoms. The van der Waals surface area contributed by atoms with Crippen LogP contribution in [0.2, 0.25) is 0 Å². The lowest BCUT2D eigenvalue weighted by Crippen LogP contribution is -2.54. The predicted octanol–water partition coefficient (Wildman–Crippen LogP) is 1.98. The summed E-state index contributed by atoms with van der Waals surface area (Å²) in [5.41, 5.74) is 0.624. The number of carbonyl (C=O) groups is 2. The van der Waals surface area contributed by atoms with E-state index in [1.165, 1.54) is 0 Å². The highest BCUT2D eigenvalue weighted by atomic mass is 16.5. The van der Waals surface area contributed by atoms with E-state index >= 15 is 0 Å². The van der Waals surface area contributed by atoms with Gasteiger partial charge in [0.2, 0.25) is 5.91 Å². The molecule has 0 radical (unpaired) electrons. The van der Waals surface area contributed by atoms with Gasteiger partial charge in [0.15, 0.2) is 0 Å². The first-order valence-electron chi connectivity index (χ1n) is 7.33. The van der Waals surface area contributed by atoms with Gasteiger partial charge in [-0.05, 0) is 33.1 Å². The van der Waals surface area contributed by atoms with Crippen molar-refractivity contribution in [3.8, 4) is 0 Å². The third-order valence-corrected chi connectivity index (χ3v) is 4.37. The summed E-state index contributed by atoms with van der Waals surface area (Å²) < 4.78 is 5.09. The van der Waals surface area contributed by atoms with Crippen LogP contribution in [0.15, 0.2) is 4.52 Å². The first-order valence-corrected chi connectivity index (χ1v) is 7.33. The van der Waals surface area contributed by atoms with Crippen LogP contribution in [-0.2, 0) is 16.0 Å². The van der Waals surface area contributed by atoms with Gasteiger partial charge in [0.1, 0.15) is 11.3 Å². The van der Waals surface area contributed by atoms with Gasteiger partial charge in [-0.1, -0.05) is 24.9 Å². The number of rotatable bonds is 5. The lowest BCUT2D eigenvalue weighted by molar-refractivity contribution is -0.148. The first kappa shape index (κ1) is 15.5. The molecule has 1 fully saturated rings. The van der Waals surface area contributed by atoms with Crippen LogP contribution in [0.25, 0.3) is 0 Å². The van der Waals surface area contributed by atoms with Crippen molar-refractivity contribution in [2.45, 2.75) is 58.4 Å². The Hall–Kier alpha value is -1.85. The van der Waals surface area contributed by atoms with E-state index < -0.39 is 11.5 Å². The van der Waals surface area contributed by atoms with Crippen LogP contribution in [0.5, 0.6) is 0 Å². The van der Waals surface area contributed by atoms with Gasteiger partial charge in [0, 0.05) is 11.5 Å². The minimum atomic E-state index is -1.08. The quantitative estimate of drug-likeness (QED) is 0.866. The summed E-state index contributed by atoms with van der Waals surface area (Å²) in [6, 6.07) is 0. The maximum absolute atomic E-state index is 12.3. The monoisotopic (exact) mass is 294 g/mol. The van der Waals surface area contributed by atoms with Crippen LogP contribution in [0.1, 0.15) is 49.6 Å². The molecular formula is C15H22N2O4. The molecule has 1 amide bonds. The van der Waals surface area contributed by atoms with E-state index in [1.54, 1.807) is 6.92 Å². The van der Waals surface area contributed by atoms with Gasteiger partial charge < -0.3 is 14.9 Å². The van der Waals surface area contributed by atoms with Crippen molar-refractivity contribution in [3.63, 3.8) is 0 Å². The van der Waals surface area contributed by atoms with Crippen LogP contribution in [-0.4, -0.2) is 27.7 Å². The van der Waals surface area contributed by atoms with Crippen molar-refractivity contribution in [3.05, 3.63) is 17.0 Å². The Morgan fingerprint density at radius 3 is 2.48 bits per heavy atom. The standard InChI is InChI=1S/C15H22N2O4/c1-9(8-12-10(2)17-21-11(12)3)13(18)16-15(14(19)20)6-4-5-7-15/h9H,4-8H2,1-3H3,(H,16,18)(H,19,20)/t9-/m0/s1. The number of aryl methyl sites for hydroxylation is 2. The van der Waals surface area contributed by atoms with Gasteiger partial charge >= 0.3 is 5.97 Å². The first-order chi connectivity index (χ1) is 9.85. The number of nitrogens with zero attached hydrogens (tertiary/aromatic N) is 1. The second-order valence-corrected chi connectivity index (χ2v) is 5.99. The van der Waals surface area contributed by atoms with E-state index in [1.807, 2.05) is 13.8 Å². The molecule has 0 aromatic carbocycles. The summed E-state index contributed by atoms with van der Waals surface area (Å²) >= 11 is 0. The van der Waals surface area contributed by atoms with Gasteiger partial charge in [-0.15, -0.1) is 0 Å². The summed E-state index contributed by atoms with van der Waals surface area (Å²) in [7, 11) is 0. The van der Waals surface area contributed by atoms with Crippen LogP contribution in [0.4, 0.5) is 0 Å². The summed E-state index contributed by atoms with van der Waals surface area (Å²) in [5.74, 6) is -0.767. The molecule has 2 N–H and O–H groups in total. The number of carboxylic acids is 1. The van der Waals surface area contributed by atoms with Crippen LogP contribution < -0.4 is 5.32 Å². The fourth-order valence-corrected chi connectivity index (χ4v) is 2.92. The molecule has 1 aliphatic carbocycles. The lowest BCUT2D eigenvalue weighted by Gasteiger charge is -2.27. The maximum atomic E-state index is 12.3. The molecule has 1 heterocycles. The third-order valence-electron chi connectivity index (χ3n) is 4.37. The molecule has 1 aromatic rings. The van der Waals surface area contributed by atoms with E-state index in [0.29, 0.717) is 25.0 Å². The van der Waals surface area contributed by atoms with Gasteiger partial charge in [-0.3, -0.25) is 4.79 Å². The Labute approximate surface area is 123 Å². The highest BCUT2D eigenvalue weighted by Crippen LogP contribution is 2.30. The summed E-state index contributed by atoms with van der Waals surface area (Å²) in [4.78, 5) is 23.8. The average molecular weight is 294 g/mol. The number of aromatic nitrogens is 1. The van der Waals surface area contributed by atoms with E-state index in [9.17, 15) is 14.7 Å². The van der Waals surface area contributed by atoms with Crippen molar-refractivity contribution in [1.82, 2.24) is 10.5 Å². The van der Waals surface area contributed by atoms with E-state index in [-0.39, 0.29) is 11.8 Å². The maximum Gasteiger partial charge on any atom is 0.329 e. The van der Waals surface area contributed by atoms with Crippen LogP contribution >= 0.6 is 0 Å². The van der Waals surface area contributed by atoms with Crippen molar-refractivity contribution >= 4 is 11.9 Å². The second-order valence-electron chi connectivity index (χ2n) is 5.99. The van der Waals surface area contributed by atoms with Gasteiger partial charge in [0.05, 0.1) is 5.69 Å². The topological polar surface area (TPSA) is 92.4 Å². The third kappa shape index (κ3) is 3.09. The number of carboxylic acid groups (broad SMARTS) is 1. The number of carbonyl (C=O) groups excluding carboxylic acids is 1. The highest BCUT2D eigenvalue weighted by molar-refractivity contribution is 5.88. The number of aliphatic carboxylic acids is 1. The number of hydrogen-bond donors (Lipinski definition) is 2. The summed E-state index contributed by atoms with van der Waals surface area (Å²) in [5, 5.41) is 16.0. The highest BCUT2D eigenvalue weighted by Gasteiger charge is 2.43. The Bertz CT molecular complexity index is 524. The molecule has 0 aliphatic heterocycles. The molecule has 2 rings (SSSR count). The zero-order chi connectivity index (χ0) is 15.6. The van der Waals surface area contributed by atoms with Crippen LogP contribution in [0.3, 0.4) is 0 Å². The smallest absolute Gasteiger partial charge is 0.329 e. The molecule has 0 saturated heterocycles. The SMILES string of the molecule is Cc1noc(C)c1C[C@H](C)C(=O)NC1(C(=O)O)CCCC1. The van der Waals surface area contributed by atoms with Crippen LogP contribution in [0, 0.1) is 19.8 Å². The molecule has 21 heavy (non-hydrogen) atoms. The normalized spacial score (nSPS) is 18.4. The largest absolute Gasteiger partial charge is 0.480 e. The molecule has 0 bridgehead atoms. The Morgan fingerprint density at radius 1 is 1.38 bits per heavy atom. The molecule has 1 saturated carbocycles. The molecule has 0 unspecified atom stereocenters. The van der Waals surface area contributed by atoms with Gasteiger partial charge in [0.25, 0.3) is 0 Å². The van der Waals surface area contributed by atoms with Crippen molar-refractivity contribution in [2.24, 2.45) is 5.92 Å². The Kier molecular flexibility index (Phi) is 4.34. The van der Waals surface area contributed by atoms with Crippen molar-refractivity contribution in [2.75, 3.05) is 0 Å². The summed E-state index contributed by atoms with van der Waals surface area (Å²) in [6.07, 6.45) is 3.19. The number of amides is 1. The molecule has 1 aliphatic rings. The minimum absolute atomic E-state index is 0.223. The predicted molar refractivity (Wildman–Crippen MR) is 75.8 cm³/mol. The van der Waals surface area contributed by atoms with Crippen molar-refractivity contribution in [1.29, 1.82) is 0 Å². The van der Waals surface area contributed by atoms with Gasteiger partial charge in [-0.2, -0.15) is 0 Å². The number of nitrogens with one attached hydrogen (secondary N) is 1. The van der Waals surface area contributed by atoms with E-state index in [2.05, 4.69) is 10.5 Å². The molecule has 6 nitrogen and oxygen atoms in total. The molecule has 1 atom stereocenters. The molecular weight excluding hydrogens is 272 g/mol. The molecule has 6 heteroatoms. The fourth-order valence-electron chi connectivity index (χ4n) is 2.92. The van der Waals surface area contributed by atoms with E-state index in [4.69, 9.17) is 4.52 Å². The van der Waals surface area contributed by atoms with Crippen molar-refractivity contribution < 1.29 is 19.2 Å².